The van der Waals surface area contributed by atoms with Gasteiger partial charge in [-0.15, -0.1) is 11.3 Å². The van der Waals surface area contributed by atoms with Crippen LogP contribution >= 0.6 is 22.9 Å². The second-order valence-electron chi connectivity index (χ2n) is 5.52. The van der Waals surface area contributed by atoms with E-state index in [1.807, 2.05) is 0 Å². The number of halogens is 1. The molecule has 0 aliphatic rings. The lowest BCUT2D eigenvalue weighted by atomic mass is 10.3. The predicted molar refractivity (Wildman–Crippen MR) is 110 cm³/mol. The normalized spacial score (nSPS) is 11.8. The number of anilines is 2. The molecule has 0 amide bonds. The number of thiophene rings is 1. The molecule has 2 N–H and O–H groups in total. The molecule has 0 saturated carbocycles. The third kappa shape index (κ3) is 4.76. The van der Waals surface area contributed by atoms with Crippen LogP contribution in [-0.4, -0.2) is 23.9 Å². The Morgan fingerprint density at radius 2 is 1.32 bits per heavy atom. The largest absolute Gasteiger partial charge is 0.497 e. The second kappa shape index (κ2) is 8.00. The fourth-order valence-corrected chi connectivity index (χ4v) is 5.82. The van der Waals surface area contributed by atoms with Crippen LogP contribution in [0.3, 0.4) is 0 Å². The Morgan fingerprint density at radius 3 is 1.82 bits per heavy atom. The average Bonchev–Trinajstić information content (AvgIpc) is 3.10. The molecule has 11 heteroatoms. The van der Waals surface area contributed by atoms with E-state index in [4.69, 9.17) is 16.3 Å². The van der Waals surface area contributed by atoms with Gasteiger partial charge in [0.1, 0.15) is 9.96 Å². The van der Waals surface area contributed by atoms with Crippen LogP contribution in [0.4, 0.5) is 11.4 Å². The summed E-state index contributed by atoms with van der Waals surface area (Å²) >= 11 is 6.69. The molecule has 0 atom stereocenters. The maximum Gasteiger partial charge on any atom is 0.271 e. The summed E-state index contributed by atoms with van der Waals surface area (Å²) < 4.78 is 59.8. The van der Waals surface area contributed by atoms with E-state index < -0.39 is 20.0 Å². The van der Waals surface area contributed by atoms with Crippen molar-refractivity contribution in [2.24, 2.45) is 0 Å². The van der Waals surface area contributed by atoms with Gasteiger partial charge in [0, 0.05) is 11.4 Å². The minimum atomic E-state index is -3.83. The van der Waals surface area contributed by atoms with Crippen molar-refractivity contribution in [3.05, 3.63) is 65.0 Å². The highest BCUT2D eigenvalue weighted by Crippen LogP contribution is 2.27. The molecule has 0 aliphatic heterocycles. The van der Waals surface area contributed by atoms with Crippen molar-refractivity contribution in [3.63, 3.8) is 0 Å². The van der Waals surface area contributed by atoms with Gasteiger partial charge in [-0.2, -0.15) is 0 Å². The van der Waals surface area contributed by atoms with Crippen molar-refractivity contribution < 1.29 is 21.6 Å². The molecule has 0 unspecified atom stereocenters. The van der Waals surface area contributed by atoms with Crippen LogP contribution in [0.1, 0.15) is 0 Å². The lowest BCUT2D eigenvalue weighted by Crippen LogP contribution is -2.14. The molecule has 0 fully saturated rings. The van der Waals surface area contributed by atoms with Crippen LogP contribution in [0.5, 0.6) is 5.75 Å². The van der Waals surface area contributed by atoms with E-state index in [-0.39, 0.29) is 14.8 Å². The Kier molecular flexibility index (Phi) is 5.84. The summed E-state index contributed by atoms with van der Waals surface area (Å²) in [5.74, 6) is 0.603. The summed E-state index contributed by atoms with van der Waals surface area (Å²) in [6.07, 6.45) is 0. The van der Waals surface area contributed by atoms with Crippen molar-refractivity contribution in [1.82, 2.24) is 0 Å². The first-order chi connectivity index (χ1) is 13.2. The minimum Gasteiger partial charge on any atom is -0.497 e. The third-order valence-electron chi connectivity index (χ3n) is 3.57. The molecule has 3 rings (SSSR count). The molecule has 1 heterocycles. The molecule has 0 bridgehead atoms. The Balaban J connectivity index is 1.75. The molecule has 2 aromatic carbocycles. The first kappa shape index (κ1) is 20.5. The summed E-state index contributed by atoms with van der Waals surface area (Å²) in [6, 6.07) is 14.7. The lowest BCUT2D eigenvalue weighted by molar-refractivity contribution is 0.415. The summed E-state index contributed by atoms with van der Waals surface area (Å²) in [4.78, 5) is -0.00886. The van der Waals surface area contributed by atoms with Crippen molar-refractivity contribution in [2.45, 2.75) is 9.10 Å². The number of nitrogens with one attached hydrogen (secondary N) is 2. The zero-order chi connectivity index (χ0) is 20.4. The van der Waals surface area contributed by atoms with Crippen LogP contribution in [0, 0.1) is 0 Å². The number of rotatable bonds is 7. The topological polar surface area (TPSA) is 102 Å². The van der Waals surface area contributed by atoms with Gasteiger partial charge in [0.25, 0.3) is 20.0 Å². The van der Waals surface area contributed by atoms with Gasteiger partial charge in [-0.25, -0.2) is 16.8 Å². The number of sulfonamides is 2. The van der Waals surface area contributed by atoms with Gasteiger partial charge < -0.3 is 4.74 Å². The van der Waals surface area contributed by atoms with Gasteiger partial charge in [0.05, 0.1) is 16.3 Å². The van der Waals surface area contributed by atoms with E-state index in [0.29, 0.717) is 15.8 Å². The van der Waals surface area contributed by atoms with Crippen LogP contribution in [0.15, 0.2) is 69.8 Å². The van der Waals surface area contributed by atoms with Gasteiger partial charge in [-0.3, -0.25) is 9.44 Å². The van der Waals surface area contributed by atoms with Gasteiger partial charge in [-0.05, 0) is 60.7 Å². The van der Waals surface area contributed by atoms with Crippen molar-refractivity contribution in [2.75, 3.05) is 16.6 Å². The SMILES string of the molecule is COc1ccc(NS(=O)(=O)c2ccc(NS(=O)(=O)c3ccc(Cl)s3)cc2)cc1. The summed E-state index contributed by atoms with van der Waals surface area (Å²) in [5.41, 5.74) is 0.605. The predicted octanol–water partition coefficient (Wildman–Crippen LogP) is 4.01. The van der Waals surface area contributed by atoms with E-state index in [0.717, 1.165) is 11.3 Å². The lowest BCUT2D eigenvalue weighted by Gasteiger charge is -2.10. The molecular formula is C17H15ClN2O5S3. The van der Waals surface area contributed by atoms with E-state index in [1.54, 1.807) is 24.3 Å². The third-order valence-corrected chi connectivity index (χ3v) is 8.07. The standard InChI is InChI=1S/C17H15ClN2O5S3/c1-25-14-6-2-12(3-7-14)19-27(21,22)15-8-4-13(5-9-15)20-28(23,24)17-11-10-16(18)26-17/h2-11,19-20H,1H3. The molecule has 0 radical (unpaired) electrons. The Bertz CT molecular complexity index is 1170. The van der Waals surface area contributed by atoms with Crippen molar-refractivity contribution in [3.8, 4) is 5.75 Å². The Morgan fingerprint density at radius 1 is 0.786 bits per heavy atom. The smallest absolute Gasteiger partial charge is 0.271 e. The number of benzene rings is 2. The maximum absolute atomic E-state index is 12.5. The molecule has 0 saturated heterocycles. The van der Waals surface area contributed by atoms with Crippen LogP contribution in [0.2, 0.25) is 4.34 Å². The summed E-state index contributed by atoms with van der Waals surface area (Å²) in [6.45, 7) is 0. The van der Waals surface area contributed by atoms with Gasteiger partial charge in [0.2, 0.25) is 0 Å². The van der Waals surface area contributed by atoms with Gasteiger partial charge in [0.15, 0.2) is 0 Å². The van der Waals surface area contributed by atoms with E-state index >= 15 is 0 Å². The van der Waals surface area contributed by atoms with E-state index in [2.05, 4.69) is 9.44 Å². The minimum absolute atomic E-state index is 0.00886. The Hall–Kier alpha value is -2.27. The maximum atomic E-state index is 12.5. The highest BCUT2D eigenvalue weighted by atomic mass is 35.5. The van der Waals surface area contributed by atoms with Crippen LogP contribution < -0.4 is 14.2 Å². The molecule has 1 aromatic heterocycles. The van der Waals surface area contributed by atoms with E-state index in [1.165, 1.54) is 43.5 Å². The van der Waals surface area contributed by atoms with Crippen LogP contribution in [-0.2, 0) is 20.0 Å². The molecule has 0 aliphatic carbocycles. The number of hydrogen-bond acceptors (Lipinski definition) is 6. The fraction of sp³-hybridized carbons (Fsp3) is 0.0588. The Labute approximate surface area is 172 Å². The molecule has 3 aromatic rings. The van der Waals surface area contributed by atoms with Crippen LogP contribution in [0.25, 0.3) is 0 Å². The summed E-state index contributed by atoms with van der Waals surface area (Å²) in [5, 5.41) is 0. The van der Waals surface area contributed by atoms with Gasteiger partial charge >= 0.3 is 0 Å². The van der Waals surface area contributed by atoms with Crippen molar-refractivity contribution in [1.29, 1.82) is 0 Å². The molecule has 28 heavy (non-hydrogen) atoms. The summed E-state index contributed by atoms with van der Waals surface area (Å²) in [7, 11) is -6.10. The number of ether oxygens (including phenoxy) is 1. The molecule has 7 nitrogen and oxygen atoms in total. The second-order valence-corrected chi connectivity index (χ2v) is 10.8. The monoisotopic (exact) mass is 458 g/mol. The average molecular weight is 459 g/mol. The first-order valence-electron chi connectivity index (χ1n) is 7.75. The first-order valence-corrected chi connectivity index (χ1v) is 11.9. The fourth-order valence-electron chi connectivity index (χ4n) is 2.22. The highest BCUT2D eigenvalue weighted by molar-refractivity contribution is 7.94. The molecular weight excluding hydrogens is 444 g/mol. The van der Waals surface area contributed by atoms with E-state index in [9.17, 15) is 16.8 Å². The van der Waals surface area contributed by atoms with Crippen molar-refractivity contribution >= 4 is 54.4 Å². The number of hydrogen-bond donors (Lipinski definition) is 2. The highest BCUT2D eigenvalue weighted by Gasteiger charge is 2.18. The molecule has 0 spiro atoms. The number of methoxy groups -OCH3 is 1. The molecule has 148 valence electrons. The zero-order valence-corrected chi connectivity index (χ0v) is 17.6. The quantitative estimate of drug-likeness (QED) is 0.557. The zero-order valence-electron chi connectivity index (χ0n) is 14.4. The van der Waals surface area contributed by atoms with Gasteiger partial charge in [-0.1, -0.05) is 11.6 Å².